The summed E-state index contributed by atoms with van der Waals surface area (Å²) < 4.78 is 53.1. The molecule has 7 nitrogen and oxygen atoms in total. The molecule has 0 atom stereocenters. The third kappa shape index (κ3) is 4.18. The summed E-state index contributed by atoms with van der Waals surface area (Å²) in [6.45, 7) is 0. The highest BCUT2D eigenvalue weighted by Gasteiger charge is 2.20. The molecule has 22 heavy (non-hydrogen) atoms. The van der Waals surface area contributed by atoms with Crippen molar-refractivity contribution in [3.8, 4) is 0 Å². The highest BCUT2D eigenvalue weighted by molar-refractivity contribution is 7.90. The zero-order valence-electron chi connectivity index (χ0n) is 11.5. The molecular formula is C13H13NO6S2. The van der Waals surface area contributed by atoms with Crippen LogP contribution >= 0.6 is 0 Å². The number of nitrogens with one attached hydrogen (secondary N) is 1. The number of hydrogen-bond donors (Lipinski definition) is 1. The first-order valence-electron chi connectivity index (χ1n) is 6.06. The molecule has 1 heterocycles. The van der Waals surface area contributed by atoms with Gasteiger partial charge < -0.3 is 4.42 Å². The largest absolute Gasteiger partial charge is 0.455 e. The molecule has 0 aliphatic heterocycles. The van der Waals surface area contributed by atoms with Crippen LogP contribution in [0.3, 0.4) is 0 Å². The molecule has 0 aliphatic carbocycles. The molecule has 0 radical (unpaired) electrons. The summed E-state index contributed by atoms with van der Waals surface area (Å²) in [5, 5.41) is 0. The van der Waals surface area contributed by atoms with Gasteiger partial charge in [-0.1, -0.05) is 18.2 Å². The lowest BCUT2D eigenvalue weighted by molar-refractivity contribution is 0.0953. The molecule has 1 aromatic heterocycles. The van der Waals surface area contributed by atoms with E-state index in [1.807, 2.05) is 0 Å². The van der Waals surface area contributed by atoms with Gasteiger partial charge in [0.05, 0.1) is 11.2 Å². The molecule has 0 unspecified atom stereocenters. The highest BCUT2D eigenvalue weighted by atomic mass is 32.2. The van der Waals surface area contributed by atoms with E-state index in [-0.39, 0.29) is 16.4 Å². The third-order valence-electron chi connectivity index (χ3n) is 2.60. The molecule has 0 spiro atoms. The molecule has 1 aromatic carbocycles. The molecule has 118 valence electrons. The van der Waals surface area contributed by atoms with Gasteiger partial charge in [0, 0.05) is 0 Å². The van der Waals surface area contributed by atoms with Crippen molar-refractivity contribution in [1.29, 1.82) is 0 Å². The van der Waals surface area contributed by atoms with E-state index < -0.39 is 31.5 Å². The number of amides is 1. The average molecular weight is 343 g/mol. The van der Waals surface area contributed by atoms with Crippen LogP contribution in [0.5, 0.6) is 0 Å². The zero-order valence-corrected chi connectivity index (χ0v) is 13.1. The summed E-state index contributed by atoms with van der Waals surface area (Å²) in [7, 11) is -7.32. The van der Waals surface area contributed by atoms with Crippen molar-refractivity contribution >= 4 is 25.8 Å². The Bertz CT molecular complexity index is 882. The fourth-order valence-corrected chi connectivity index (χ4v) is 3.40. The molecule has 0 saturated heterocycles. The second-order valence-electron chi connectivity index (χ2n) is 4.54. The van der Waals surface area contributed by atoms with E-state index in [4.69, 9.17) is 4.42 Å². The molecule has 1 amide bonds. The first-order chi connectivity index (χ1) is 10.2. The summed E-state index contributed by atoms with van der Waals surface area (Å²) in [6, 6.07) is 10.3. The van der Waals surface area contributed by atoms with Crippen molar-refractivity contribution in [2.24, 2.45) is 0 Å². The highest BCUT2D eigenvalue weighted by Crippen LogP contribution is 2.18. The van der Waals surface area contributed by atoms with Crippen LogP contribution in [0.25, 0.3) is 0 Å². The maximum atomic E-state index is 12.2. The molecular weight excluding hydrogens is 330 g/mol. The number of hydrogen-bond acceptors (Lipinski definition) is 6. The van der Waals surface area contributed by atoms with E-state index in [2.05, 4.69) is 0 Å². The van der Waals surface area contributed by atoms with E-state index in [9.17, 15) is 21.6 Å². The number of sulfone groups is 1. The Hall–Kier alpha value is -2.13. The molecule has 1 N–H and O–H groups in total. The van der Waals surface area contributed by atoms with Crippen molar-refractivity contribution in [2.75, 3.05) is 6.26 Å². The van der Waals surface area contributed by atoms with Gasteiger partial charge in [-0.3, -0.25) is 4.79 Å². The Morgan fingerprint density at radius 3 is 2.27 bits per heavy atom. The van der Waals surface area contributed by atoms with Crippen LogP contribution in [0.15, 0.2) is 51.8 Å². The summed E-state index contributed by atoms with van der Waals surface area (Å²) >= 11 is 0. The van der Waals surface area contributed by atoms with E-state index >= 15 is 0 Å². The Morgan fingerprint density at radius 2 is 1.68 bits per heavy atom. The zero-order chi connectivity index (χ0) is 16.4. The van der Waals surface area contributed by atoms with E-state index in [1.54, 1.807) is 22.9 Å². The van der Waals surface area contributed by atoms with Crippen molar-refractivity contribution in [3.63, 3.8) is 0 Å². The summed E-state index contributed by atoms with van der Waals surface area (Å²) in [5.41, 5.74) is 0. The minimum absolute atomic E-state index is 0.0440. The predicted molar refractivity (Wildman–Crippen MR) is 78.3 cm³/mol. The molecule has 9 heteroatoms. The van der Waals surface area contributed by atoms with Crippen molar-refractivity contribution in [2.45, 2.75) is 10.6 Å². The fraction of sp³-hybridized carbons (Fsp3) is 0.154. The third-order valence-corrected chi connectivity index (χ3v) is 4.81. The maximum Gasteiger partial charge on any atom is 0.300 e. The number of carbonyl (C=O) groups is 1. The fourth-order valence-electron chi connectivity index (χ4n) is 1.69. The van der Waals surface area contributed by atoms with Crippen LogP contribution in [-0.4, -0.2) is 29.0 Å². The van der Waals surface area contributed by atoms with E-state index in [0.717, 1.165) is 6.26 Å². The predicted octanol–water partition coefficient (Wildman–Crippen LogP) is 0.943. The number of benzene rings is 1. The van der Waals surface area contributed by atoms with Crippen LogP contribution in [-0.2, 0) is 25.6 Å². The Labute approximate surface area is 127 Å². The molecule has 0 saturated carbocycles. The quantitative estimate of drug-likeness (QED) is 0.865. The minimum Gasteiger partial charge on any atom is -0.455 e. The van der Waals surface area contributed by atoms with E-state index in [1.165, 1.54) is 24.3 Å². The second-order valence-corrected chi connectivity index (χ2v) is 8.28. The van der Waals surface area contributed by atoms with Gasteiger partial charge in [0.2, 0.25) is 10.0 Å². The maximum absolute atomic E-state index is 12.2. The number of rotatable bonds is 5. The summed E-state index contributed by atoms with van der Waals surface area (Å²) in [6.07, 6.45) is 0.828. The lowest BCUT2D eigenvalue weighted by Gasteiger charge is -2.02. The first-order valence-corrected chi connectivity index (χ1v) is 9.60. The van der Waals surface area contributed by atoms with Crippen LogP contribution in [0, 0.1) is 0 Å². The average Bonchev–Trinajstić information content (AvgIpc) is 2.86. The SMILES string of the molecule is CS(=O)(=O)NC(=O)c1ccc(CS(=O)(=O)c2ccccc2)o1. The normalized spacial score (nSPS) is 12.0. The molecule has 0 bridgehead atoms. The summed E-state index contributed by atoms with van der Waals surface area (Å²) in [5.74, 6) is -1.61. The van der Waals surface area contributed by atoms with Crippen LogP contribution in [0.2, 0.25) is 0 Å². The Balaban J connectivity index is 2.18. The van der Waals surface area contributed by atoms with Gasteiger partial charge in [-0.15, -0.1) is 0 Å². The van der Waals surface area contributed by atoms with Gasteiger partial charge in [-0.05, 0) is 24.3 Å². The topological polar surface area (TPSA) is 111 Å². The second kappa shape index (κ2) is 5.93. The van der Waals surface area contributed by atoms with Crippen molar-refractivity contribution in [1.82, 2.24) is 4.72 Å². The number of sulfonamides is 1. The minimum atomic E-state index is -3.72. The van der Waals surface area contributed by atoms with Gasteiger partial charge >= 0.3 is 0 Å². The van der Waals surface area contributed by atoms with Crippen molar-refractivity contribution in [3.05, 3.63) is 54.0 Å². The number of carbonyl (C=O) groups excluding carboxylic acids is 1. The van der Waals surface area contributed by atoms with Gasteiger partial charge in [-0.2, -0.15) is 0 Å². The van der Waals surface area contributed by atoms with Gasteiger partial charge in [0.1, 0.15) is 11.5 Å². The smallest absolute Gasteiger partial charge is 0.300 e. The number of furan rings is 1. The standard InChI is InChI=1S/C13H13NO6S2/c1-21(16,17)14-13(15)12-8-7-10(20-12)9-22(18,19)11-5-3-2-4-6-11/h2-8H,9H2,1H3,(H,14,15). The van der Waals surface area contributed by atoms with Crippen LogP contribution in [0.1, 0.15) is 16.3 Å². The Kier molecular flexibility index (Phi) is 4.38. The molecule has 2 aromatic rings. The van der Waals surface area contributed by atoms with Gasteiger partial charge in [-0.25, -0.2) is 21.6 Å². The molecule has 2 rings (SSSR count). The Morgan fingerprint density at radius 1 is 1.05 bits per heavy atom. The van der Waals surface area contributed by atoms with Crippen LogP contribution < -0.4 is 4.72 Å². The monoisotopic (exact) mass is 343 g/mol. The van der Waals surface area contributed by atoms with Crippen LogP contribution in [0.4, 0.5) is 0 Å². The lowest BCUT2D eigenvalue weighted by Crippen LogP contribution is -2.28. The lowest BCUT2D eigenvalue weighted by atomic mass is 10.4. The van der Waals surface area contributed by atoms with Crippen molar-refractivity contribution < 1.29 is 26.0 Å². The molecule has 0 fully saturated rings. The van der Waals surface area contributed by atoms with E-state index in [0.29, 0.717) is 0 Å². The summed E-state index contributed by atoms with van der Waals surface area (Å²) in [4.78, 5) is 11.7. The first kappa shape index (κ1) is 16.2. The molecule has 0 aliphatic rings. The van der Waals surface area contributed by atoms with Gasteiger partial charge in [0.15, 0.2) is 15.6 Å². The van der Waals surface area contributed by atoms with Gasteiger partial charge in [0.25, 0.3) is 5.91 Å².